The topological polar surface area (TPSA) is 35.2 Å². The molecule has 0 radical (unpaired) electrons. The maximum atomic E-state index is 12.7. The highest BCUT2D eigenvalue weighted by Crippen LogP contribution is 2.14. The highest BCUT2D eigenvalue weighted by atomic mass is 19.1. The summed E-state index contributed by atoms with van der Waals surface area (Å²) in [4.78, 5) is 0. The zero-order valence-electron chi connectivity index (χ0n) is 7.26. The molecule has 1 unspecified atom stereocenters. The lowest BCUT2D eigenvalue weighted by atomic mass is 10.1. The smallest absolute Gasteiger partial charge is 0.126 e. The van der Waals surface area contributed by atoms with Gasteiger partial charge in [-0.05, 0) is 17.7 Å². The van der Waals surface area contributed by atoms with Crippen molar-refractivity contribution in [1.82, 2.24) is 0 Å². The first-order valence-electron chi connectivity index (χ1n) is 3.84. The number of benzene rings is 1. The van der Waals surface area contributed by atoms with Crippen LogP contribution in [0.25, 0.3) is 0 Å². The van der Waals surface area contributed by atoms with E-state index in [2.05, 4.69) is 0 Å². The van der Waals surface area contributed by atoms with Gasteiger partial charge in [0.25, 0.3) is 0 Å². The molecule has 1 aromatic rings. The molecule has 4 heteroatoms. The second kappa shape index (κ2) is 4.30. The highest BCUT2D eigenvalue weighted by Gasteiger charge is 2.08. The fourth-order valence-corrected chi connectivity index (χ4v) is 1.07. The zero-order chi connectivity index (χ0) is 9.84. The molecule has 0 bridgehead atoms. The van der Waals surface area contributed by atoms with Crippen LogP contribution in [0.15, 0.2) is 18.2 Å². The number of nitrogens with two attached hydrogens (primary N) is 1. The van der Waals surface area contributed by atoms with Crippen molar-refractivity contribution < 1.29 is 13.5 Å². The number of methoxy groups -OCH3 is 1. The van der Waals surface area contributed by atoms with Gasteiger partial charge < -0.3 is 10.5 Å². The molecule has 2 nitrogen and oxygen atoms in total. The van der Waals surface area contributed by atoms with Crippen LogP contribution in [0.1, 0.15) is 11.6 Å². The molecule has 1 rings (SSSR count). The lowest BCUT2D eigenvalue weighted by Gasteiger charge is -2.10. The minimum Gasteiger partial charge on any atom is -0.383 e. The Morgan fingerprint density at radius 1 is 1.31 bits per heavy atom. The van der Waals surface area contributed by atoms with Gasteiger partial charge in [-0.25, -0.2) is 8.78 Å². The van der Waals surface area contributed by atoms with E-state index in [4.69, 9.17) is 10.5 Å². The summed E-state index contributed by atoms with van der Waals surface area (Å²) in [6.07, 6.45) is 0. The lowest BCUT2D eigenvalue weighted by Crippen LogP contribution is -2.16. The van der Waals surface area contributed by atoms with E-state index >= 15 is 0 Å². The third-order valence-corrected chi connectivity index (χ3v) is 1.66. The molecule has 0 aromatic heterocycles. The van der Waals surface area contributed by atoms with Crippen molar-refractivity contribution in [2.45, 2.75) is 6.04 Å². The monoisotopic (exact) mass is 187 g/mol. The Balaban J connectivity index is 2.87. The van der Waals surface area contributed by atoms with Gasteiger partial charge in [0.05, 0.1) is 12.6 Å². The van der Waals surface area contributed by atoms with Gasteiger partial charge in [-0.1, -0.05) is 0 Å². The van der Waals surface area contributed by atoms with E-state index in [-0.39, 0.29) is 6.61 Å². The van der Waals surface area contributed by atoms with Crippen LogP contribution in [-0.2, 0) is 4.74 Å². The van der Waals surface area contributed by atoms with Crippen LogP contribution < -0.4 is 5.73 Å². The quantitative estimate of drug-likeness (QED) is 0.780. The van der Waals surface area contributed by atoms with Gasteiger partial charge in [-0.15, -0.1) is 0 Å². The predicted molar refractivity (Wildman–Crippen MR) is 45.2 cm³/mol. The van der Waals surface area contributed by atoms with Gasteiger partial charge in [0.2, 0.25) is 0 Å². The SMILES string of the molecule is COCC(N)c1cc(F)cc(F)c1. The highest BCUT2D eigenvalue weighted by molar-refractivity contribution is 5.21. The fourth-order valence-electron chi connectivity index (χ4n) is 1.07. The van der Waals surface area contributed by atoms with E-state index in [1.165, 1.54) is 19.2 Å². The number of hydrogen-bond donors (Lipinski definition) is 1. The van der Waals surface area contributed by atoms with Gasteiger partial charge >= 0.3 is 0 Å². The van der Waals surface area contributed by atoms with Gasteiger partial charge in [-0.3, -0.25) is 0 Å². The van der Waals surface area contributed by atoms with E-state index in [0.29, 0.717) is 5.56 Å². The van der Waals surface area contributed by atoms with E-state index < -0.39 is 17.7 Å². The molecule has 1 aromatic carbocycles. The molecule has 1 atom stereocenters. The Hall–Kier alpha value is -1.00. The summed E-state index contributed by atoms with van der Waals surface area (Å²) in [6.45, 7) is 0.239. The lowest BCUT2D eigenvalue weighted by molar-refractivity contribution is 0.180. The number of hydrogen-bond acceptors (Lipinski definition) is 2. The van der Waals surface area contributed by atoms with Crippen molar-refractivity contribution in [3.63, 3.8) is 0 Å². The van der Waals surface area contributed by atoms with Crippen molar-refractivity contribution in [3.05, 3.63) is 35.4 Å². The molecule has 0 amide bonds. The summed E-state index contributed by atoms with van der Waals surface area (Å²) >= 11 is 0. The van der Waals surface area contributed by atoms with Crippen LogP contribution in [0.5, 0.6) is 0 Å². The summed E-state index contributed by atoms with van der Waals surface area (Å²) in [5.74, 6) is -1.25. The van der Waals surface area contributed by atoms with Gasteiger partial charge in [-0.2, -0.15) is 0 Å². The third-order valence-electron chi connectivity index (χ3n) is 1.66. The first-order chi connectivity index (χ1) is 6.13. The van der Waals surface area contributed by atoms with E-state index in [9.17, 15) is 8.78 Å². The van der Waals surface area contributed by atoms with Gasteiger partial charge in [0.15, 0.2) is 0 Å². The minimum atomic E-state index is -0.624. The second-order valence-electron chi connectivity index (χ2n) is 2.76. The molecule has 0 aliphatic rings. The molecule has 0 heterocycles. The zero-order valence-corrected chi connectivity index (χ0v) is 7.26. The van der Waals surface area contributed by atoms with Crippen LogP contribution in [0.4, 0.5) is 8.78 Å². The first-order valence-corrected chi connectivity index (χ1v) is 3.84. The van der Waals surface area contributed by atoms with Crippen LogP contribution in [-0.4, -0.2) is 13.7 Å². The Bertz CT molecular complexity index is 271. The van der Waals surface area contributed by atoms with Crippen molar-refractivity contribution in [3.8, 4) is 0 Å². The number of rotatable bonds is 3. The van der Waals surface area contributed by atoms with E-state index in [1.807, 2.05) is 0 Å². The van der Waals surface area contributed by atoms with Crippen molar-refractivity contribution in [2.24, 2.45) is 5.73 Å². The largest absolute Gasteiger partial charge is 0.383 e. The Kier molecular flexibility index (Phi) is 3.33. The molecule has 0 aliphatic carbocycles. The Labute approximate surface area is 75.3 Å². The number of halogens is 2. The molecular formula is C9H11F2NO. The Morgan fingerprint density at radius 3 is 2.31 bits per heavy atom. The van der Waals surface area contributed by atoms with Crippen molar-refractivity contribution in [1.29, 1.82) is 0 Å². The van der Waals surface area contributed by atoms with Gasteiger partial charge in [0, 0.05) is 13.2 Å². The van der Waals surface area contributed by atoms with Crippen LogP contribution >= 0.6 is 0 Å². The summed E-state index contributed by atoms with van der Waals surface area (Å²) in [5.41, 5.74) is 5.99. The molecule has 0 saturated carbocycles. The predicted octanol–water partition coefficient (Wildman–Crippen LogP) is 1.61. The molecule has 0 saturated heterocycles. The van der Waals surface area contributed by atoms with E-state index in [1.54, 1.807) is 0 Å². The second-order valence-corrected chi connectivity index (χ2v) is 2.76. The summed E-state index contributed by atoms with van der Waals surface area (Å²) in [6, 6.07) is 2.72. The summed E-state index contributed by atoms with van der Waals surface area (Å²) < 4.78 is 30.2. The normalized spacial score (nSPS) is 12.9. The van der Waals surface area contributed by atoms with Crippen molar-refractivity contribution >= 4 is 0 Å². The molecule has 0 spiro atoms. The standard InChI is InChI=1S/C9H11F2NO/c1-13-5-9(12)6-2-7(10)4-8(11)3-6/h2-4,9H,5,12H2,1H3. The minimum absolute atomic E-state index is 0.239. The molecule has 0 fully saturated rings. The van der Waals surface area contributed by atoms with Crippen LogP contribution in [0.3, 0.4) is 0 Å². The number of ether oxygens (including phenoxy) is 1. The maximum absolute atomic E-state index is 12.7. The fraction of sp³-hybridized carbons (Fsp3) is 0.333. The Morgan fingerprint density at radius 2 is 1.85 bits per heavy atom. The first kappa shape index (κ1) is 10.1. The molecule has 0 aliphatic heterocycles. The molecular weight excluding hydrogens is 176 g/mol. The average Bonchev–Trinajstić information content (AvgIpc) is 2.03. The average molecular weight is 187 g/mol. The third kappa shape index (κ3) is 2.75. The summed E-state index contributed by atoms with van der Waals surface area (Å²) in [7, 11) is 1.48. The van der Waals surface area contributed by atoms with Crippen molar-refractivity contribution in [2.75, 3.05) is 13.7 Å². The molecule has 2 N–H and O–H groups in total. The molecule has 13 heavy (non-hydrogen) atoms. The van der Waals surface area contributed by atoms with E-state index in [0.717, 1.165) is 6.07 Å². The maximum Gasteiger partial charge on any atom is 0.126 e. The van der Waals surface area contributed by atoms with Crippen LogP contribution in [0, 0.1) is 11.6 Å². The van der Waals surface area contributed by atoms with Gasteiger partial charge in [0.1, 0.15) is 11.6 Å². The molecule has 72 valence electrons. The van der Waals surface area contributed by atoms with Crippen LogP contribution in [0.2, 0.25) is 0 Å². The summed E-state index contributed by atoms with van der Waals surface area (Å²) in [5, 5.41) is 0.